The van der Waals surface area contributed by atoms with E-state index in [2.05, 4.69) is 0 Å². The van der Waals surface area contributed by atoms with Crippen LogP contribution in [0, 0.1) is 5.41 Å². The second kappa shape index (κ2) is 6.68. The fourth-order valence-electron chi connectivity index (χ4n) is 3.58. The van der Waals surface area contributed by atoms with Gasteiger partial charge >= 0.3 is 5.97 Å². The third-order valence-corrected chi connectivity index (χ3v) is 7.68. The Hall–Kier alpha value is -1.89. The summed E-state index contributed by atoms with van der Waals surface area (Å²) >= 11 is 5.81. The molecule has 1 fully saturated rings. The van der Waals surface area contributed by atoms with Gasteiger partial charge in [-0.3, -0.25) is 4.79 Å². The Morgan fingerprint density at radius 1 is 1.12 bits per heavy atom. The lowest BCUT2D eigenvalue weighted by molar-refractivity contribution is -0.145. The van der Waals surface area contributed by atoms with Gasteiger partial charge in [-0.1, -0.05) is 42.8 Å². The average molecular weight is 395 g/mol. The van der Waals surface area contributed by atoms with E-state index in [1.807, 2.05) is 19.1 Å². The summed E-state index contributed by atoms with van der Waals surface area (Å²) in [5, 5.41) is 18.7. The third kappa shape index (κ3) is 2.82. The summed E-state index contributed by atoms with van der Waals surface area (Å²) in [6.45, 7) is 1.25. The fourth-order valence-corrected chi connectivity index (χ4v) is 6.07. The van der Waals surface area contributed by atoms with Crippen LogP contribution in [0.4, 0.5) is 0 Å². The van der Waals surface area contributed by atoms with Crippen LogP contribution in [0.15, 0.2) is 53.4 Å². The number of halogens is 1. The summed E-state index contributed by atoms with van der Waals surface area (Å²) in [5.41, 5.74) is -0.0794. The van der Waals surface area contributed by atoms with Crippen LogP contribution in [0.25, 0.3) is 0 Å². The predicted molar refractivity (Wildman–Crippen MR) is 98.1 cm³/mol. The molecule has 2 aromatic rings. The lowest BCUT2D eigenvalue weighted by atomic mass is 9.99. The Labute approximate surface area is 157 Å². The maximum atomic E-state index is 13.1. The van der Waals surface area contributed by atoms with Gasteiger partial charge in [-0.25, -0.2) is 8.42 Å². The van der Waals surface area contributed by atoms with Crippen LogP contribution in [0.1, 0.15) is 24.0 Å². The van der Waals surface area contributed by atoms with Gasteiger partial charge in [0, 0.05) is 10.9 Å². The summed E-state index contributed by atoms with van der Waals surface area (Å²) in [6, 6.07) is 12.8. The highest BCUT2D eigenvalue weighted by Gasteiger charge is 2.75. The molecule has 0 aromatic heterocycles. The Kier molecular flexibility index (Phi) is 4.86. The molecule has 7 heteroatoms. The van der Waals surface area contributed by atoms with Crippen molar-refractivity contribution < 1.29 is 23.4 Å². The predicted octanol–water partition coefficient (Wildman–Crippen LogP) is 2.91. The number of sulfone groups is 1. The maximum absolute atomic E-state index is 13.1. The number of hydrogen-bond acceptors (Lipinski definition) is 4. The van der Waals surface area contributed by atoms with Gasteiger partial charge in [-0.2, -0.15) is 0 Å². The second-order valence-electron chi connectivity index (χ2n) is 6.50. The number of aryl methyl sites for hydroxylation is 1. The normalized spacial score (nSPS) is 25.0. The quantitative estimate of drug-likeness (QED) is 0.786. The fraction of sp³-hybridized carbons (Fsp3) is 0.316. The van der Waals surface area contributed by atoms with Gasteiger partial charge in [-0.15, -0.1) is 0 Å². The highest BCUT2D eigenvalue weighted by atomic mass is 35.5. The second-order valence-corrected chi connectivity index (χ2v) is 9.00. The average Bonchev–Trinajstić information content (AvgIpc) is 3.34. The molecule has 1 aliphatic rings. The van der Waals surface area contributed by atoms with E-state index in [1.54, 1.807) is 12.1 Å². The van der Waals surface area contributed by atoms with Crippen molar-refractivity contribution >= 4 is 27.4 Å². The molecule has 3 rings (SSSR count). The zero-order chi connectivity index (χ0) is 19.1. The topological polar surface area (TPSA) is 91.7 Å². The van der Waals surface area contributed by atoms with E-state index in [1.165, 1.54) is 24.3 Å². The zero-order valence-electron chi connectivity index (χ0n) is 14.1. The van der Waals surface area contributed by atoms with E-state index in [4.69, 9.17) is 11.6 Å². The molecule has 5 nitrogen and oxygen atoms in total. The molecule has 2 N–H and O–H groups in total. The van der Waals surface area contributed by atoms with E-state index in [0.29, 0.717) is 10.6 Å². The number of carbonyl (C=O) groups is 1. The first kappa shape index (κ1) is 18.9. The molecule has 138 valence electrons. The Morgan fingerprint density at radius 2 is 1.69 bits per heavy atom. The molecule has 0 spiro atoms. The van der Waals surface area contributed by atoms with Crippen molar-refractivity contribution in [2.75, 3.05) is 6.61 Å². The van der Waals surface area contributed by atoms with Crippen molar-refractivity contribution in [2.24, 2.45) is 5.41 Å². The number of aliphatic carboxylic acids is 1. The van der Waals surface area contributed by atoms with Gasteiger partial charge in [0.15, 0.2) is 9.84 Å². The van der Waals surface area contributed by atoms with Crippen molar-refractivity contribution in [3.8, 4) is 0 Å². The molecule has 0 aliphatic heterocycles. The lowest BCUT2D eigenvalue weighted by Gasteiger charge is -2.09. The van der Waals surface area contributed by atoms with Crippen molar-refractivity contribution in [2.45, 2.75) is 29.4 Å². The minimum absolute atomic E-state index is 0.00125. The first-order valence-electron chi connectivity index (χ1n) is 8.21. The number of aliphatic hydroxyl groups excluding tert-OH is 1. The van der Waals surface area contributed by atoms with Crippen LogP contribution in [-0.4, -0.2) is 36.5 Å². The highest BCUT2D eigenvalue weighted by Crippen LogP contribution is 2.64. The molecule has 3 atom stereocenters. The summed E-state index contributed by atoms with van der Waals surface area (Å²) in [5.74, 6) is -2.12. The molecule has 0 heterocycles. The van der Waals surface area contributed by atoms with Gasteiger partial charge < -0.3 is 10.2 Å². The molecule has 0 saturated heterocycles. The molecule has 0 bridgehead atoms. The van der Waals surface area contributed by atoms with E-state index >= 15 is 0 Å². The number of aliphatic hydroxyl groups is 1. The van der Waals surface area contributed by atoms with Crippen LogP contribution in [0.3, 0.4) is 0 Å². The monoisotopic (exact) mass is 394 g/mol. The van der Waals surface area contributed by atoms with Crippen LogP contribution >= 0.6 is 11.6 Å². The summed E-state index contributed by atoms with van der Waals surface area (Å²) < 4.78 is 26.1. The summed E-state index contributed by atoms with van der Waals surface area (Å²) in [4.78, 5) is 11.9. The molecule has 0 unspecified atom stereocenters. The van der Waals surface area contributed by atoms with Gasteiger partial charge in [-0.05, 0) is 41.8 Å². The van der Waals surface area contributed by atoms with Crippen LogP contribution < -0.4 is 0 Å². The summed E-state index contributed by atoms with van der Waals surface area (Å²) in [6.07, 6.45) is 0.821. The number of hydrogen-bond donors (Lipinski definition) is 2. The number of carboxylic acid groups (broad SMARTS) is 1. The minimum atomic E-state index is -3.96. The van der Waals surface area contributed by atoms with E-state index in [-0.39, 0.29) is 4.90 Å². The number of benzene rings is 2. The van der Waals surface area contributed by atoms with Crippen LogP contribution in [0.5, 0.6) is 0 Å². The third-order valence-electron chi connectivity index (χ3n) is 5.14. The van der Waals surface area contributed by atoms with Crippen molar-refractivity contribution in [3.63, 3.8) is 0 Å². The molecule has 2 aromatic carbocycles. The molecule has 0 radical (unpaired) electrons. The lowest BCUT2D eigenvalue weighted by Crippen LogP contribution is -2.27. The molecule has 0 amide bonds. The Morgan fingerprint density at radius 3 is 2.15 bits per heavy atom. The molecule has 1 saturated carbocycles. The molecule has 1 aliphatic carbocycles. The maximum Gasteiger partial charge on any atom is 0.314 e. The summed E-state index contributed by atoms with van der Waals surface area (Å²) in [7, 11) is -3.96. The number of rotatable bonds is 6. The zero-order valence-corrected chi connectivity index (χ0v) is 15.7. The van der Waals surface area contributed by atoms with Crippen molar-refractivity contribution in [1.29, 1.82) is 0 Å². The van der Waals surface area contributed by atoms with Gasteiger partial charge in [0.1, 0.15) is 5.41 Å². The minimum Gasteiger partial charge on any atom is -0.481 e. The van der Waals surface area contributed by atoms with Crippen LogP contribution in [-0.2, 0) is 21.1 Å². The molecular formula is C19H19ClO5S. The van der Waals surface area contributed by atoms with Crippen molar-refractivity contribution in [3.05, 3.63) is 64.7 Å². The first-order valence-corrected chi connectivity index (χ1v) is 10.1. The van der Waals surface area contributed by atoms with Crippen molar-refractivity contribution in [1.82, 2.24) is 0 Å². The van der Waals surface area contributed by atoms with Gasteiger partial charge in [0.25, 0.3) is 0 Å². The van der Waals surface area contributed by atoms with E-state index in [0.717, 1.165) is 12.0 Å². The molecule has 26 heavy (non-hydrogen) atoms. The number of carboxylic acids is 1. The SMILES string of the molecule is CCc1ccc([C@@H]2[C@@H](S(=O)(=O)c3ccc(Cl)cc3)[C@]2(CO)C(=O)O)cc1. The molecular weight excluding hydrogens is 376 g/mol. The van der Waals surface area contributed by atoms with E-state index in [9.17, 15) is 23.4 Å². The smallest absolute Gasteiger partial charge is 0.314 e. The van der Waals surface area contributed by atoms with Crippen LogP contribution in [0.2, 0.25) is 5.02 Å². The largest absolute Gasteiger partial charge is 0.481 e. The Bertz CT molecular complexity index is 921. The van der Waals surface area contributed by atoms with E-state index < -0.39 is 39.0 Å². The highest BCUT2D eigenvalue weighted by molar-refractivity contribution is 7.92. The van der Waals surface area contributed by atoms with Gasteiger partial charge in [0.2, 0.25) is 0 Å². The Balaban J connectivity index is 2.08. The van der Waals surface area contributed by atoms with Gasteiger partial charge in [0.05, 0.1) is 16.8 Å². The first-order chi connectivity index (χ1) is 12.3. The standard InChI is InChI=1S/C19H19ClO5S/c1-2-12-3-5-13(6-4-12)16-17(19(16,11-21)18(22)23)26(24,25)15-9-7-14(20)8-10-15/h3-10,16-17,21H,2,11H2,1H3,(H,22,23)/t16-,17-,19-/m1/s1.